The molecule has 0 fully saturated rings. The monoisotopic (exact) mass is 344 g/mol. The summed E-state index contributed by atoms with van der Waals surface area (Å²) in [5, 5.41) is 42.6. The minimum Gasteiger partial charge on any atom is -0.508 e. The van der Waals surface area contributed by atoms with Crippen molar-refractivity contribution in [1.82, 2.24) is 0 Å². The van der Waals surface area contributed by atoms with Crippen molar-refractivity contribution in [2.75, 3.05) is 0 Å². The van der Waals surface area contributed by atoms with E-state index in [1.807, 2.05) is 6.92 Å². The number of hydrogen-bond donors (Lipinski definition) is 4. The smallest absolute Gasteiger partial charge is 0.174 e. The van der Waals surface area contributed by atoms with Crippen LogP contribution in [0, 0.1) is 11.8 Å². The highest BCUT2D eigenvalue weighted by atomic mass is 16.4. The number of carbonyl (C=O) groups excluding carboxylic acids is 2. The van der Waals surface area contributed by atoms with E-state index in [0.717, 1.165) is 0 Å². The number of phenolic OH excluding ortho intramolecular Hbond substituents is 1. The zero-order chi connectivity index (χ0) is 18.1. The Morgan fingerprint density at radius 3 is 2.56 bits per heavy atom. The maximum absolute atomic E-state index is 13.1. The standard InChI is InChI=1S/C19H20O6/c1-8-5-9-7-13(22)19(25)16(14(9)12(21)6-8)17(23)10-3-2-4-11(20)15(10)18(19)24/h2-4,8,13,16,18,20,22,24-25H,5-7H2,1H3/t8-,13-,16-,18+,19-/m1/s1. The average Bonchev–Trinajstić information content (AvgIpc) is 2.54. The summed E-state index contributed by atoms with van der Waals surface area (Å²) in [6.45, 7) is 1.93. The number of fused-ring (bicyclic) bond motifs is 3. The molecule has 1 aromatic carbocycles. The summed E-state index contributed by atoms with van der Waals surface area (Å²) in [7, 11) is 0. The Hall–Kier alpha value is -2.02. The van der Waals surface area contributed by atoms with Crippen LogP contribution in [0.4, 0.5) is 0 Å². The lowest BCUT2D eigenvalue weighted by Crippen LogP contribution is -2.62. The number of ketones is 2. The summed E-state index contributed by atoms with van der Waals surface area (Å²) >= 11 is 0. The van der Waals surface area contributed by atoms with E-state index in [1.54, 1.807) is 0 Å². The first kappa shape index (κ1) is 16.4. The maximum atomic E-state index is 13.1. The van der Waals surface area contributed by atoms with Gasteiger partial charge in [0.2, 0.25) is 0 Å². The Morgan fingerprint density at radius 1 is 1.12 bits per heavy atom. The summed E-state index contributed by atoms with van der Waals surface area (Å²) in [6, 6.07) is 4.24. The van der Waals surface area contributed by atoms with E-state index in [-0.39, 0.29) is 47.0 Å². The molecule has 1 aromatic rings. The second-order valence-corrected chi connectivity index (χ2v) is 7.50. The highest BCUT2D eigenvalue weighted by Crippen LogP contribution is 2.54. The van der Waals surface area contributed by atoms with Crippen molar-refractivity contribution >= 4 is 11.6 Å². The lowest BCUT2D eigenvalue weighted by Gasteiger charge is -2.51. The molecule has 132 valence electrons. The normalized spacial score (nSPS) is 37.4. The number of carbonyl (C=O) groups is 2. The van der Waals surface area contributed by atoms with Crippen molar-refractivity contribution < 1.29 is 30.0 Å². The molecule has 3 aliphatic carbocycles. The second-order valence-electron chi connectivity index (χ2n) is 7.50. The van der Waals surface area contributed by atoms with E-state index in [4.69, 9.17) is 0 Å². The van der Waals surface area contributed by atoms with Crippen molar-refractivity contribution in [1.29, 1.82) is 0 Å². The zero-order valence-electron chi connectivity index (χ0n) is 13.8. The largest absolute Gasteiger partial charge is 0.508 e. The second kappa shape index (κ2) is 5.24. The lowest BCUT2D eigenvalue weighted by atomic mass is 9.57. The molecule has 0 radical (unpaired) electrons. The molecule has 0 aliphatic heterocycles. The molecule has 3 aliphatic rings. The van der Waals surface area contributed by atoms with Gasteiger partial charge in [-0.3, -0.25) is 9.59 Å². The molecule has 0 spiro atoms. The number of Topliss-reactive ketones (excluding diaryl/α,β-unsaturated/α-hetero) is 2. The third kappa shape index (κ3) is 2.02. The first-order valence-electron chi connectivity index (χ1n) is 8.46. The van der Waals surface area contributed by atoms with Gasteiger partial charge >= 0.3 is 0 Å². The molecule has 0 bridgehead atoms. The number of aliphatic hydroxyl groups excluding tert-OH is 2. The molecule has 5 atom stereocenters. The Bertz CT molecular complexity index is 825. The highest BCUT2D eigenvalue weighted by Gasteiger charge is 2.62. The van der Waals surface area contributed by atoms with Crippen molar-refractivity contribution in [3.8, 4) is 5.75 Å². The third-order valence-electron chi connectivity index (χ3n) is 5.86. The molecule has 6 heteroatoms. The number of phenols is 1. The van der Waals surface area contributed by atoms with Gasteiger partial charge in [0.15, 0.2) is 11.6 Å². The van der Waals surface area contributed by atoms with Gasteiger partial charge in [0.25, 0.3) is 0 Å². The summed E-state index contributed by atoms with van der Waals surface area (Å²) in [5.74, 6) is -2.28. The fourth-order valence-corrected chi connectivity index (χ4v) is 4.73. The van der Waals surface area contributed by atoms with Gasteiger partial charge in [-0.1, -0.05) is 24.6 Å². The quantitative estimate of drug-likeness (QED) is 0.559. The van der Waals surface area contributed by atoms with Gasteiger partial charge in [0.1, 0.15) is 17.5 Å². The topological polar surface area (TPSA) is 115 Å². The average molecular weight is 344 g/mol. The van der Waals surface area contributed by atoms with Crippen LogP contribution in [-0.2, 0) is 4.79 Å². The van der Waals surface area contributed by atoms with Crippen molar-refractivity contribution in [3.63, 3.8) is 0 Å². The Balaban J connectivity index is 1.98. The van der Waals surface area contributed by atoms with Gasteiger partial charge in [-0.25, -0.2) is 0 Å². The molecule has 0 saturated carbocycles. The van der Waals surface area contributed by atoms with Gasteiger partial charge in [0.05, 0.1) is 12.0 Å². The fourth-order valence-electron chi connectivity index (χ4n) is 4.73. The Morgan fingerprint density at radius 2 is 1.84 bits per heavy atom. The van der Waals surface area contributed by atoms with Gasteiger partial charge in [-0.2, -0.15) is 0 Å². The third-order valence-corrected chi connectivity index (χ3v) is 5.86. The maximum Gasteiger partial charge on any atom is 0.174 e. The van der Waals surface area contributed by atoms with Gasteiger partial charge in [0, 0.05) is 23.1 Å². The number of hydrogen-bond acceptors (Lipinski definition) is 6. The van der Waals surface area contributed by atoms with E-state index in [9.17, 15) is 30.0 Å². The van der Waals surface area contributed by atoms with Crippen molar-refractivity contribution in [3.05, 3.63) is 40.5 Å². The molecule has 0 saturated heterocycles. The molecule has 4 N–H and O–H groups in total. The fraction of sp³-hybridized carbons (Fsp3) is 0.474. The number of benzene rings is 1. The van der Waals surface area contributed by atoms with E-state index in [0.29, 0.717) is 12.0 Å². The number of aliphatic hydroxyl groups is 3. The minimum atomic E-state index is -2.22. The van der Waals surface area contributed by atoms with Gasteiger partial charge < -0.3 is 20.4 Å². The molecule has 4 rings (SSSR count). The summed E-state index contributed by atoms with van der Waals surface area (Å²) in [4.78, 5) is 25.7. The van der Waals surface area contributed by atoms with Crippen LogP contribution in [0.3, 0.4) is 0 Å². The lowest BCUT2D eigenvalue weighted by molar-refractivity contribution is -0.174. The predicted octanol–water partition coefficient (Wildman–Crippen LogP) is 1.03. The van der Waals surface area contributed by atoms with Crippen LogP contribution in [0.25, 0.3) is 0 Å². The molecule has 0 unspecified atom stereocenters. The summed E-state index contributed by atoms with van der Waals surface area (Å²) < 4.78 is 0. The summed E-state index contributed by atoms with van der Waals surface area (Å²) in [6.07, 6.45) is -2.17. The van der Waals surface area contributed by atoms with Crippen LogP contribution in [0.5, 0.6) is 5.75 Å². The van der Waals surface area contributed by atoms with E-state index < -0.39 is 29.5 Å². The van der Waals surface area contributed by atoms with Crippen LogP contribution in [-0.4, -0.2) is 43.7 Å². The Labute approximate surface area is 144 Å². The molecule has 0 heterocycles. The van der Waals surface area contributed by atoms with Crippen LogP contribution in [0.2, 0.25) is 0 Å². The van der Waals surface area contributed by atoms with Crippen LogP contribution < -0.4 is 0 Å². The number of aromatic hydroxyl groups is 1. The molecular weight excluding hydrogens is 324 g/mol. The van der Waals surface area contributed by atoms with E-state index in [2.05, 4.69) is 0 Å². The van der Waals surface area contributed by atoms with Gasteiger partial charge in [-0.15, -0.1) is 0 Å². The zero-order valence-corrected chi connectivity index (χ0v) is 13.8. The molecule has 25 heavy (non-hydrogen) atoms. The SMILES string of the molecule is C[C@H]1CC(=O)C2=C(C1)C[C@@H](O)[C@@]1(O)[C@H]2C(=O)c2cccc(O)c2[C@@H]1O. The molecule has 6 nitrogen and oxygen atoms in total. The predicted molar refractivity (Wildman–Crippen MR) is 86.9 cm³/mol. The van der Waals surface area contributed by atoms with Crippen molar-refractivity contribution in [2.24, 2.45) is 11.8 Å². The van der Waals surface area contributed by atoms with Gasteiger partial charge in [-0.05, 0) is 24.8 Å². The van der Waals surface area contributed by atoms with E-state index >= 15 is 0 Å². The summed E-state index contributed by atoms with van der Waals surface area (Å²) in [5.41, 5.74) is -1.31. The molecule has 0 aromatic heterocycles. The highest BCUT2D eigenvalue weighted by molar-refractivity contribution is 6.11. The first-order valence-corrected chi connectivity index (χ1v) is 8.46. The first-order chi connectivity index (χ1) is 11.8. The molecule has 0 amide bonds. The van der Waals surface area contributed by atoms with Crippen LogP contribution in [0.15, 0.2) is 29.3 Å². The molecular formula is C19H20O6. The van der Waals surface area contributed by atoms with Crippen LogP contribution >= 0.6 is 0 Å². The van der Waals surface area contributed by atoms with Crippen LogP contribution in [0.1, 0.15) is 48.2 Å². The minimum absolute atomic E-state index is 0.0334. The number of rotatable bonds is 0. The Kier molecular flexibility index (Phi) is 3.45. The van der Waals surface area contributed by atoms with E-state index in [1.165, 1.54) is 18.2 Å². The van der Waals surface area contributed by atoms with Crippen molar-refractivity contribution in [2.45, 2.75) is 44.0 Å².